The molecule has 2 aromatic carbocycles. The highest BCUT2D eigenvalue weighted by atomic mass is 79.9. The number of aryl methyl sites for hydroxylation is 1. The first-order valence-corrected chi connectivity index (χ1v) is 8.12. The summed E-state index contributed by atoms with van der Waals surface area (Å²) < 4.78 is 39.8. The molecule has 26 heavy (non-hydrogen) atoms. The number of amides is 1. The highest BCUT2D eigenvalue weighted by Gasteiger charge is 2.33. The summed E-state index contributed by atoms with van der Waals surface area (Å²) in [6.45, 7) is 1.83. The summed E-state index contributed by atoms with van der Waals surface area (Å²) >= 11 is 3.32. The van der Waals surface area contributed by atoms with Crippen LogP contribution in [0.5, 0.6) is 0 Å². The lowest BCUT2D eigenvalue weighted by atomic mass is 10.1. The van der Waals surface area contributed by atoms with Gasteiger partial charge in [-0.25, -0.2) is 0 Å². The highest BCUT2D eigenvalue weighted by Crippen LogP contribution is 2.34. The van der Waals surface area contributed by atoms with Crippen molar-refractivity contribution in [1.29, 1.82) is 5.26 Å². The van der Waals surface area contributed by atoms with Gasteiger partial charge < -0.3 is 10.6 Å². The number of benzene rings is 2. The van der Waals surface area contributed by atoms with Crippen LogP contribution in [0.2, 0.25) is 0 Å². The molecule has 0 spiro atoms. The van der Waals surface area contributed by atoms with Crippen molar-refractivity contribution in [1.82, 2.24) is 0 Å². The summed E-state index contributed by atoms with van der Waals surface area (Å²) in [7, 11) is 0. The monoisotopic (exact) mass is 423 g/mol. The van der Waals surface area contributed by atoms with Gasteiger partial charge in [-0.15, -0.1) is 0 Å². The van der Waals surface area contributed by atoms with Crippen LogP contribution in [0.25, 0.3) is 0 Å². The molecule has 1 amide bonds. The van der Waals surface area contributed by atoms with Gasteiger partial charge in [-0.1, -0.05) is 28.1 Å². The normalized spacial score (nSPS) is 11.6. The Morgan fingerprint density at radius 2 is 1.88 bits per heavy atom. The predicted molar refractivity (Wildman–Crippen MR) is 96.3 cm³/mol. The van der Waals surface area contributed by atoms with Gasteiger partial charge in [0, 0.05) is 16.4 Å². The van der Waals surface area contributed by atoms with Gasteiger partial charge in [-0.2, -0.15) is 18.4 Å². The van der Waals surface area contributed by atoms with Crippen LogP contribution in [-0.2, 0) is 11.0 Å². The molecule has 0 aliphatic heterocycles. The lowest BCUT2D eigenvalue weighted by Crippen LogP contribution is -2.18. The highest BCUT2D eigenvalue weighted by molar-refractivity contribution is 9.10. The maximum atomic E-state index is 13.0. The molecule has 0 aliphatic carbocycles. The van der Waals surface area contributed by atoms with Crippen LogP contribution < -0.4 is 10.6 Å². The quantitative estimate of drug-likeness (QED) is 0.522. The summed E-state index contributed by atoms with van der Waals surface area (Å²) in [5.41, 5.74) is -0.238. The number of hydrogen-bond acceptors (Lipinski definition) is 3. The SMILES string of the molecule is Cc1cc(Br)ccc1N/C=C(/C#N)C(=O)Nc1ccccc1C(F)(F)F. The Morgan fingerprint density at radius 1 is 1.19 bits per heavy atom. The summed E-state index contributed by atoms with van der Waals surface area (Å²) in [5.74, 6) is -0.938. The van der Waals surface area contributed by atoms with Gasteiger partial charge in [-0.05, 0) is 42.8 Å². The van der Waals surface area contributed by atoms with Crippen molar-refractivity contribution in [3.8, 4) is 6.07 Å². The zero-order valence-electron chi connectivity index (χ0n) is 13.5. The molecular formula is C18H13BrF3N3O. The van der Waals surface area contributed by atoms with Gasteiger partial charge in [0.05, 0.1) is 11.3 Å². The van der Waals surface area contributed by atoms with E-state index in [0.717, 1.165) is 28.4 Å². The molecule has 0 heterocycles. The summed E-state index contributed by atoms with van der Waals surface area (Å²) in [6, 6.07) is 11.6. The molecule has 8 heteroatoms. The van der Waals surface area contributed by atoms with Gasteiger partial charge in [0.15, 0.2) is 0 Å². The van der Waals surface area contributed by atoms with Crippen molar-refractivity contribution in [3.63, 3.8) is 0 Å². The largest absolute Gasteiger partial charge is 0.418 e. The third kappa shape index (κ3) is 4.86. The van der Waals surface area contributed by atoms with Crippen molar-refractivity contribution in [3.05, 3.63) is 69.8 Å². The Balaban J connectivity index is 2.21. The zero-order chi connectivity index (χ0) is 19.3. The number of halogens is 4. The Hall–Kier alpha value is -2.79. The second kappa shape index (κ2) is 8.06. The van der Waals surface area contributed by atoms with E-state index >= 15 is 0 Å². The molecule has 0 saturated heterocycles. The van der Waals surface area contributed by atoms with Crippen molar-refractivity contribution in [2.24, 2.45) is 0 Å². The fourth-order valence-corrected chi connectivity index (χ4v) is 2.59. The smallest absolute Gasteiger partial charge is 0.360 e. The maximum Gasteiger partial charge on any atom is 0.418 e. The molecule has 0 fully saturated rings. The van der Waals surface area contributed by atoms with E-state index in [1.807, 2.05) is 13.0 Å². The minimum atomic E-state index is -4.62. The molecule has 0 bridgehead atoms. The average molecular weight is 424 g/mol. The van der Waals surface area contributed by atoms with Gasteiger partial charge in [-0.3, -0.25) is 4.79 Å². The number of rotatable bonds is 4. The van der Waals surface area contributed by atoms with E-state index in [4.69, 9.17) is 5.26 Å². The standard InChI is InChI=1S/C18H13BrF3N3O/c1-11-8-13(19)6-7-15(11)24-10-12(9-23)17(26)25-16-5-3-2-4-14(16)18(20,21)22/h2-8,10,24H,1H3,(H,25,26)/b12-10-. The molecule has 4 nitrogen and oxygen atoms in total. The number of anilines is 2. The number of para-hydroxylation sites is 1. The minimum absolute atomic E-state index is 0.357. The number of nitrogens with zero attached hydrogens (tertiary/aromatic N) is 1. The number of nitriles is 1. The van der Waals surface area contributed by atoms with E-state index in [1.165, 1.54) is 12.1 Å². The summed E-state index contributed by atoms with van der Waals surface area (Å²) in [5, 5.41) is 14.1. The first-order valence-electron chi connectivity index (χ1n) is 7.33. The van der Waals surface area contributed by atoms with Gasteiger partial charge in [0.2, 0.25) is 0 Å². The van der Waals surface area contributed by atoms with Gasteiger partial charge >= 0.3 is 6.18 Å². The summed E-state index contributed by atoms with van der Waals surface area (Å²) in [4.78, 5) is 12.2. The third-order valence-corrected chi connectivity index (χ3v) is 3.90. The van der Waals surface area contributed by atoms with Crippen LogP contribution in [0.15, 0.2) is 58.7 Å². The fraction of sp³-hybridized carbons (Fsp3) is 0.111. The van der Waals surface area contributed by atoms with E-state index in [-0.39, 0.29) is 5.57 Å². The van der Waals surface area contributed by atoms with Crippen LogP contribution in [0.3, 0.4) is 0 Å². The van der Waals surface area contributed by atoms with Crippen LogP contribution in [0.4, 0.5) is 24.5 Å². The van der Waals surface area contributed by atoms with Gasteiger partial charge in [0.1, 0.15) is 11.6 Å². The molecular weight excluding hydrogens is 411 g/mol. The van der Waals surface area contributed by atoms with Crippen LogP contribution in [-0.4, -0.2) is 5.91 Å². The van der Waals surface area contributed by atoms with Crippen LogP contribution in [0.1, 0.15) is 11.1 Å². The molecule has 0 unspecified atom stereocenters. The molecule has 0 saturated carbocycles. The number of carbonyl (C=O) groups is 1. The topological polar surface area (TPSA) is 64.9 Å². The zero-order valence-corrected chi connectivity index (χ0v) is 15.1. The Morgan fingerprint density at radius 3 is 2.50 bits per heavy atom. The number of nitrogens with one attached hydrogen (secondary N) is 2. The van der Waals surface area contributed by atoms with E-state index < -0.39 is 23.3 Å². The molecule has 0 atom stereocenters. The fourth-order valence-electron chi connectivity index (χ4n) is 2.12. The molecule has 2 rings (SSSR count). The Kier molecular flexibility index (Phi) is 6.05. The lowest BCUT2D eigenvalue weighted by molar-refractivity contribution is -0.137. The summed E-state index contributed by atoms with van der Waals surface area (Å²) in [6.07, 6.45) is -3.46. The first kappa shape index (κ1) is 19.5. The second-order valence-electron chi connectivity index (χ2n) is 5.27. The molecule has 0 aromatic heterocycles. The minimum Gasteiger partial charge on any atom is -0.360 e. The van der Waals surface area contributed by atoms with Crippen molar-refractivity contribution < 1.29 is 18.0 Å². The molecule has 2 N–H and O–H groups in total. The molecule has 0 aliphatic rings. The van der Waals surface area contributed by atoms with Crippen molar-refractivity contribution in [2.75, 3.05) is 10.6 Å². The van der Waals surface area contributed by atoms with Crippen molar-refractivity contribution >= 4 is 33.2 Å². The number of carbonyl (C=O) groups excluding carboxylic acids is 1. The first-order chi connectivity index (χ1) is 12.2. The maximum absolute atomic E-state index is 13.0. The number of alkyl halides is 3. The molecule has 134 valence electrons. The Labute approximate surface area is 156 Å². The van der Waals surface area contributed by atoms with Crippen LogP contribution >= 0.6 is 15.9 Å². The van der Waals surface area contributed by atoms with Crippen LogP contribution in [0, 0.1) is 18.3 Å². The van der Waals surface area contributed by atoms with Gasteiger partial charge in [0.25, 0.3) is 5.91 Å². The third-order valence-electron chi connectivity index (χ3n) is 3.41. The number of hydrogen-bond donors (Lipinski definition) is 2. The lowest BCUT2D eigenvalue weighted by Gasteiger charge is -2.13. The second-order valence-corrected chi connectivity index (χ2v) is 6.19. The molecule has 0 radical (unpaired) electrons. The van der Waals surface area contributed by atoms with E-state index in [1.54, 1.807) is 18.2 Å². The van der Waals surface area contributed by atoms with Crippen molar-refractivity contribution in [2.45, 2.75) is 13.1 Å². The average Bonchev–Trinajstić information content (AvgIpc) is 2.56. The van der Waals surface area contributed by atoms with E-state index in [0.29, 0.717) is 5.69 Å². The molecule has 2 aromatic rings. The van der Waals surface area contributed by atoms with E-state index in [9.17, 15) is 18.0 Å². The predicted octanol–water partition coefficient (Wildman–Crippen LogP) is 5.23. The van der Waals surface area contributed by atoms with E-state index in [2.05, 4.69) is 26.6 Å². The Bertz CT molecular complexity index is 901.